The van der Waals surface area contributed by atoms with E-state index in [2.05, 4.69) is 10.6 Å². The molecule has 17 heavy (non-hydrogen) atoms. The highest BCUT2D eigenvalue weighted by atomic mass is 14.9. The zero-order valence-corrected chi connectivity index (χ0v) is 11.5. The van der Waals surface area contributed by atoms with Crippen LogP contribution in [0.3, 0.4) is 0 Å². The minimum Gasteiger partial charge on any atom is -0.320 e. The van der Waals surface area contributed by atoms with Crippen LogP contribution in [-0.4, -0.2) is 26.7 Å². The molecule has 0 aliphatic heterocycles. The first kappa shape index (κ1) is 13.4. The summed E-state index contributed by atoms with van der Waals surface area (Å²) in [5.74, 6) is 3.16. The van der Waals surface area contributed by atoms with E-state index >= 15 is 0 Å². The van der Waals surface area contributed by atoms with Gasteiger partial charge in [-0.25, -0.2) is 0 Å². The van der Waals surface area contributed by atoms with Crippen LogP contribution < -0.4 is 10.6 Å². The van der Waals surface area contributed by atoms with E-state index in [0.29, 0.717) is 0 Å². The second-order valence-electron chi connectivity index (χ2n) is 6.14. The van der Waals surface area contributed by atoms with Crippen molar-refractivity contribution in [1.29, 1.82) is 0 Å². The number of nitrogens with one attached hydrogen (secondary N) is 2. The number of hydrogen-bond acceptors (Lipinski definition) is 2. The van der Waals surface area contributed by atoms with Gasteiger partial charge in [-0.2, -0.15) is 0 Å². The van der Waals surface area contributed by atoms with Gasteiger partial charge in [0.25, 0.3) is 0 Å². The van der Waals surface area contributed by atoms with Crippen LogP contribution in [-0.2, 0) is 0 Å². The van der Waals surface area contributed by atoms with Crippen LogP contribution >= 0.6 is 0 Å². The molecule has 0 spiro atoms. The predicted octanol–water partition coefficient (Wildman–Crippen LogP) is 2.79. The number of hydrogen-bond donors (Lipinski definition) is 2. The Bertz CT molecular complexity index is 205. The van der Waals surface area contributed by atoms with Gasteiger partial charge in [-0.15, -0.1) is 0 Å². The molecule has 0 aromatic heterocycles. The van der Waals surface area contributed by atoms with E-state index in [1.807, 2.05) is 7.05 Å². The number of rotatable bonds is 6. The highest BCUT2D eigenvalue weighted by molar-refractivity contribution is 4.83. The number of fused-ring (bicyclic) bond motifs is 1. The minimum absolute atomic E-state index is 0.976. The fourth-order valence-corrected chi connectivity index (χ4v) is 3.85. The molecule has 100 valence electrons. The highest BCUT2D eigenvalue weighted by Gasteiger charge is 2.31. The fraction of sp³-hybridized carbons (Fsp3) is 1.00. The molecule has 2 aliphatic rings. The largest absolute Gasteiger partial charge is 0.320 e. The normalized spacial score (nSPS) is 33.4. The second kappa shape index (κ2) is 7.38. The Labute approximate surface area is 107 Å². The molecule has 3 unspecified atom stereocenters. The summed E-state index contributed by atoms with van der Waals surface area (Å²) in [5.41, 5.74) is 0. The molecule has 2 saturated carbocycles. The zero-order valence-electron chi connectivity index (χ0n) is 11.5. The van der Waals surface area contributed by atoms with Crippen LogP contribution in [0.25, 0.3) is 0 Å². The predicted molar refractivity (Wildman–Crippen MR) is 74.2 cm³/mol. The first-order chi connectivity index (χ1) is 8.40. The molecule has 0 radical (unpaired) electrons. The monoisotopic (exact) mass is 238 g/mol. The molecule has 2 heteroatoms. The molecular weight excluding hydrogens is 208 g/mol. The summed E-state index contributed by atoms with van der Waals surface area (Å²) in [6, 6.07) is 0. The molecule has 2 rings (SSSR count). The van der Waals surface area contributed by atoms with Crippen LogP contribution in [0.5, 0.6) is 0 Å². The van der Waals surface area contributed by atoms with Crippen molar-refractivity contribution in [3.63, 3.8) is 0 Å². The van der Waals surface area contributed by atoms with Crippen molar-refractivity contribution in [2.45, 2.75) is 51.4 Å². The van der Waals surface area contributed by atoms with Gasteiger partial charge in [-0.3, -0.25) is 0 Å². The summed E-state index contributed by atoms with van der Waals surface area (Å²) in [6.07, 6.45) is 11.9. The van der Waals surface area contributed by atoms with Gasteiger partial charge in [0.2, 0.25) is 0 Å². The minimum atomic E-state index is 0.976. The summed E-state index contributed by atoms with van der Waals surface area (Å²) < 4.78 is 0. The SMILES string of the molecule is CNCCCNCC1CCC2CCCCC2C1. The van der Waals surface area contributed by atoms with Crippen molar-refractivity contribution in [1.82, 2.24) is 10.6 Å². The third-order valence-electron chi connectivity index (χ3n) is 4.86. The van der Waals surface area contributed by atoms with E-state index in [-0.39, 0.29) is 0 Å². The van der Waals surface area contributed by atoms with Crippen molar-refractivity contribution in [2.75, 3.05) is 26.7 Å². The van der Waals surface area contributed by atoms with Crippen molar-refractivity contribution in [2.24, 2.45) is 17.8 Å². The molecular formula is C15H30N2. The Morgan fingerprint density at radius 3 is 2.59 bits per heavy atom. The molecule has 3 atom stereocenters. The van der Waals surface area contributed by atoms with Crippen molar-refractivity contribution >= 4 is 0 Å². The molecule has 0 aromatic carbocycles. The topological polar surface area (TPSA) is 24.1 Å². The maximum absolute atomic E-state index is 3.65. The lowest BCUT2D eigenvalue weighted by molar-refractivity contribution is 0.129. The first-order valence-electron chi connectivity index (χ1n) is 7.75. The Hall–Kier alpha value is -0.0800. The molecule has 2 N–H and O–H groups in total. The Morgan fingerprint density at radius 1 is 0.941 bits per heavy atom. The third kappa shape index (κ3) is 4.26. The zero-order chi connectivity index (χ0) is 11.9. The molecule has 2 fully saturated rings. The van der Waals surface area contributed by atoms with Gasteiger partial charge in [0.15, 0.2) is 0 Å². The summed E-state index contributed by atoms with van der Waals surface area (Å²) in [4.78, 5) is 0. The quantitative estimate of drug-likeness (QED) is 0.695. The average molecular weight is 238 g/mol. The average Bonchev–Trinajstić information content (AvgIpc) is 2.38. The van der Waals surface area contributed by atoms with Gasteiger partial charge in [0, 0.05) is 0 Å². The van der Waals surface area contributed by atoms with Crippen LogP contribution in [0.4, 0.5) is 0 Å². The van der Waals surface area contributed by atoms with E-state index in [0.717, 1.165) is 24.3 Å². The van der Waals surface area contributed by atoms with Gasteiger partial charge in [0.1, 0.15) is 0 Å². The Balaban J connectivity index is 1.59. The van der Waals surface area contributed by atoms with E-state index in [1.165, 1.54) is 64.5 Å². The molecule has 0 aromatic rings. The lowest BCUT2D eigenvalue weighted by Crippen LogP contribution is -2.33. The molecule has 0 saturated heterocycles. The highest BCUT2D eigenvalue weighted by Crippen LogP contribution is 2.42. The maximum atomic E-state index is 3.65. The lowest BCUT2D eigenvalue weighted by atomic mass is 9.67. The summed E-state index contributed by atoms with van der Waals surface area (Å²) >= 11 is 0. The lowest BCUT2D eigenvalue weighted by Gasteiger charge is -2.39. The van der Waals surface area contributed by atoms with E-state index in [1.54, 1.807) is 0 Å². The summed E-state index contributed by atoms with van der Waals surface area (Å²) in [7, 11) is 2.03. The Morgan fingerprint density at radius 2 is 1.76 bits per heavy atom. The van der Waals surface area contributed by atoms with Crippen molar-refractivity contribution in [3.05, 3.63) is 0 Å². The van der Waals surface area contributed by atoms with Gasteiger partial charge in [-0.1, -0.05) is 25.7 Å². The van der Waals surface area contributed by atoms with E-state index < -0.39 is 0 Å². The molecule has 2 aliphatic carbocycles. The van der Waals surface area contributed by atoms with Gasteiger partial charge in [-0.05, 0) is 70.1 Å². The summed E-state index contributed by atoms with van der Waals surface area (Å²) in [5, 5.41) is 6.85. The summed E-state index contributed by atoms with van der Waals surface area (Å²) in [6.45, 7) is 3.60. The van der Waals surface area contributed by atoms with Crippen molar-refractivity contribution < 1.29 is 0 Å². The molecule has 0 bridgehead atoms. The van der Waals surface area contributed by atoms with Crippen molar-refractivity contribution in [3.8, 4) is 0 Å². The molecule has 0 heterocycles. The van der Waals surface area contributed by atoms with Gasteiger partial charge >= 0.3 is 0 Å². The Kier molecular flexibility index (Phi) is 5.79. The van der Waals surface area contributed by atoms with E-state index in [4.69, 9.17) is 0 Å². The van der Waals surface area contributed by atoms with Crippen LogP contribution in [0.1, 0.15) is 51.4 Å². The van der Waals surface area contributed by atoms with Crippen LogP contribution in [0, 0.1) is 17.8 Å². The molecule has 2 nitrogen and oxygen atoms in total. The van der Waals surface area contributed by atoms with Crippen LogP contribution in [0.2, 0.25) is 0 Å². The van der Waals surface area contributed by atoms with Gasteiger partial charge < -0.3 is 10.6 Å². The third-order valence-corrected chi connectivity index (χ3v) is 4.86. The fourth-order valence-electron chi connectivity index (χ4n) is 3.85. The van der Waals surface area contributed by atoms with Crippen LogP contribution in [0.15, 0.2) is 0 Å². The van der Waals surface area contributed by atoms with E-state index in [9.17, 15) is 0 Å². The molecule has 0 amide bonds. The maximum Gasteiger partial charge on any atom is -0.00204 e. The smallest absolute Gasteiger partial charge is 0.00204 e. The first-order valence-corrected chi connectivity index (χ1v) is 7.75. The van der Waals surface area contributed by atoms with Gasteiger partial charge in [0.05, 0.1) is 0 Å². The standard InChI is InChI=1S/C15H30N2/c1-16-9-4-10-17-12-13-7-8-14-5-2-3-6-15(14)11-13/h13-17H,2-12H2,1H3. The second-order valence-corrected chi connectivity index (χ2v) is 6.14.